The van der Waals surface area contributed by atoms with E-state index in [2.05, 4.69) is 9.98 Å². The van der Waals surface area contributed by atoms with Gasteiger partial charge >= 0.3 is 11.9 Å². The van der Waals surface area contributed by atoms with E-state index in [-0.39, 0.29) is 24.6 Å². The second-order valence-corrected chi connectivity index (χ2v) is 17.7. The maximum absolute atomic E-state index is 14.3. The van der Waals surface area contributed by atoms with Gasteiger partial charge in [-0.25, -0.2) is 19.6 Å². The first-order valence-electron chi connectivity index (χ1n) is 18.5. The molecule has 0 N–H and O–H groups in total. The summed E-state index contributed by atoms with van der Waals surface area (Å²) in [4.78, 5) is 41.4. The highest BCUT2D eigenvalue weighted by atomic mass is 32.1. The summed E-state index contributed by atoms with van der Waals surface area (Å²) < 4.78 is 23.4. The van der Waals surface area contributed by atoms with Gasteiger partial charge < -0.3 is 18.9 Å². The summed E-state index contributed by atoms with van der Waals surface area (Å²) in [5, 5.41) is 38.3. The Labute approximate surface area is 371 Å². The first-order chi connectivity index (χ1) is 30.2. The fraction of sp³-hybridized carbons (Fsp3) is 0.130. The van der Waals surface area contributed by atoms with Gasteiger partial charge in [0.15, 0.2) is 0 Å². The second-order valence-electron chi connectivity index (χ2n) is 13.4. The number of hydrogen-bond acceptors (Lipinski definition) is 16. The minimum atomic E-state index is -0.530. The molecular formula is C46H28N6O6S4. The number of esters is 2. The number of hydrogen-bond donors (Lipinski definition) is 0. The van der Waals surface area contributed by atoms with Crippen LogP contribution in [0.1, 0.15) is 43.8 Å². The van der Waals surface area contributed by atoms with E-state index in [1.807, 2.05) is 84.9 Å². The summed E-state index contributed by atoms with van der Waals surface area (Å²) in [6.07, 6.45) is 3.80. The van der Waals surface area contributed by atoms with Crippen LogP contribution in [-0.4, -0.2) is 37.6 Å². The van der Waals surface area contributed by atoms with Crippen LogP contribution in [0.5, 0.6) is 11.5 Å². The number of carbonyl (C=O) groups is 2. The van der Waals surface area contributed by atoms with Crippen LogP contribution in [0.2, 0.25) is 0 Å². The Morgan fingerprint density at radius 3 is 1.32 bits per heavy atom. The van der Waals surface area contributed by atoms with Gasteiger partial charge in [-0.1, -0.05) is 72.8 Å². The van der Waals surface area contributed by atoms with Gasteiger partial charge in [-0.15, -0.1) is 45.3 Å². The molecule has 12 nitrogen and oxygen atoms in total. The predicted octanol–water partition coefficient (Wildman–Crippen LogP) is 10.7. The number of carbonyl (C=O) groups excluding carboxylic acids is 2. The number of aliphatic imine (C=N–C) groups is 2. The minimum Gasteiger partial charge on any atom is -0.495 e. The van der Waals surface area contributed by atoms with Crippen molar-refractivity contribution in [2.24, 2.45) is 9.98 Å². The lowest BCUT2D eigenvalue weighted by atomic mass is 9.74. The second kappa shape index (κ2) is 18.0. The number of fused-ring (bicyclic) bond motifs is 5. The molecule has 0 spiro atoms. The lowest BCUT2D eigenvalue weighted by molar-refractivity contribution is -0.138. The molecule has 62 heavy (non-hydrogen) atoms. The molecule has 4 aromatic heterocycles. The lowest BCUT2D eigenvalue weighted by Gasteiger charge is -2.32. The molecule has 0 radical (unpaired) electrons. The number of benzene rings is 2. The van der Waals surface area contributed by atoms with Crippen LogP contribution in [0.4, 0.5) is 10.0 Å². The molecule has 2 aliphatic carbocycles. The molecular weight excluding hydrogens is 861 g/mol. The predicted molar refractivity (Wildman–Crippen MR) is 239 cm³/mol. The molecule has 2 unspecified atom stereocenters. The Bertz CT molecular complexity index is 2810. The number of thiophene rings is 4. The Balaban J connectivity index is 1.28. The van der Waals surface area contributed by atoms with Gasteiger partial charge in [0.2, 0.25) is 11.4 Å². The number of ether oxygens (including phenoxy) is 4. The molecule has 0 saturated heterocycles. The third-order valence-corrected chi connectivity index (χ3v) is 14.6. The maximum Gasteiger partial charge on any atom is 0.338 e. The standard InChI is InChI=1S/C46H28N6O6S4/c1-55-35-17-39(51-27(19-47)20-48)61-43(35)37-15-31-33(45(53)57-23-25-9-5-3-6-10-25)14-30-29(41(31)59-37)13-34(46(54)58-24-26-11-7-4-8-12-26)32-16-38(60-42(30)32)44-36(56-2)18-40(62-44)52-28(21-49)22-50/h3-18,29-30H,23-24H2,1-2H3. The fourth-order valence-electron chi connectivity index (χ4n) is 6.98. The van der Waals surface area contributed by atoms with Crippen molar-refractivity contribution in [1.29, 1.82) is 21.0 Å². The first kappa shape index (κ1) is 41.3. The number of rotatable bonds is 12. The maximum atomic E-state index is 14.3. The van der Waals surface area contributed by atoms with Gasteiger partial charge in [0.25, 0.3) is 0 Å². The van der Waals surface area contributed by atoms with Crippen molar-refractivity contribution in [1.82, 2.24) is 0 Å². The molecule has 0 bridgehead atoms. The largest absolute Gasteiger partial charge is 0.495 e. The van der Waals surface area contributed by atoms with Crippen LogP contribution < -0.4 is 9.47 Å². The Morgan fingerprint density at radius 2 is 0.968 bits per heavy atom. The topological polar surface area (TPSA) is 191 Å². The minimum absolute atomic E-state index is 0.0473. The van der Waals surface area contributed by atoms with Gasteiger partial charge in [0.1, 0.15) is 59.0 Å². The third kappa shape index (κ3) is 8.20. The van der Waals surface area contributed by atoms with Gasteiger partial charge in [0, 0.05) is 54.6 Å². The normalized spacial score (nSPS) is 14.4. The van der Waals surface area contributed by atoms with Gasteiger partial charge in [-0.2, -0.15) is 21.0 Å². The molecule has 0 aliphatic heterocycles. The molecule has 2 aliphatic rings. The number of allylic oxidation sites excluding steroid dienone is 2. The van der Waals surface area contributed by atoms with E-state index in [0.717, 1.165) is 30.6 Å². The fourth-order valence-corrected chi connectivity index (χ4v) is 11.8. The molecule has 4 heterocycles. The monoisotopic (exact) mass is 888 g/mol. The average Bonchev–Trinajstić information content (AvgIpc) is 4.13. The van der Waals surface area contributed by atoms with E-state index in [1.165, 1.54) is 59.6 Å². The Morgan fingerprint density at radius 1 is 0.581 bits per heavy atom. The summed E-state index contributed by atoms with van der Waals surface area (Å²) in [7, 11) is 3.03. The average molecular weight is 889 g/mol. The van der Waals surface area contributed by atoms with Crippen LogP contribution in [0.15, 0.2) is 107 Å². The zero-order valence-electron chi connectivity index (χ0n) is 32.6. The molecule has 0 amide bonds. The van der Waals surface area contributed by atoms with E-state index in [9.17, 15) is 30.6 Å². The number of nitriles is 4. The molecule has 2 atom stereocenters. The lowest BCUT2D eigenvalue weighted by Crippen LogP contribution is -2.22. The number of nitrogens with zero attached hydrogens (tertiary/aromatic N) is 6. The quantitative estimate of drug-likeness (QED) is 0.0844. The van der Waals surface area contributed by atoms with E-state index in [1.54, 1.807) is 36.4 Å². The molecule has 6 aromatic rings. The summed E-state index contributed by atoms with van der Waals surface area (Å²) >= 11 is 5.33. The van der Waals surface area contributed by atoms with Crippen LogP contribution in [-0.2, 0) is 32.3 Å². The van der Waals surface area contributed by atoms with Crippen molar-refractivity contribution in [3.8, 4) is 55.3 Å². The molecule has 8 rings (SSSR count). The van der Waals surface area contributed by atoms with E-state index in [4.69, 9.17) is 18.9 Å². The summed E-state index contributed by atoms with van der Waals surface area (Å²) in [5.41, 5.74) is 2.98. The van der Waals surface area contributed by atoms with Gasteiger partial charge in [-0.05, 0) is 23.3 Å². The van der Waals surface area contributed by atoms with Crippen molar-refractivity contribution >= 4 is 89.9 Å². The molecule has 302 valence electrons. The number of methoxy groups -OCH3 is 2. The van der Waals surface area contributed by atoms with Gasteiger partial charge in [-0.3, -0.25) is 0 Å². The molecule has 16 heteroatoms. The Kier molecular flexibility index (Phi) is 12.0. The zero-order chi connectivity index (χ0) is 43.3. The summed E-state index contributed by atoms with van der Waals surface area (Å²) in [6, 6.07) is 33.0. The van der Waals surface area contributed by atoms with Crippen LogP contribution in [0.3, 0.4) is 0 Å². The summed E-state index contributed by atoms with van der Waals surface area (Å²) in [6.45, 7) is 0.0946. The Hall–Kier alpha value is -7.44. The van der Waals surface area contributed by atoms with E-state index < -0.39 is 23.8 Å². The first-order valence-corrected chi connectivity index (χ1v) is 21.8. The molecule has 0 saturated carbocycles. The summed E-state index contributed by atoms with van der Waals surface area (Å²) in [5.74, 6) is -0.985. The van der Waals surface area contributed by atoms with Crippen molar-refractivity contribution in [2.45, 2.75) is 25.0 Å². The van der Waals surface area contributed by atoms with Crippen LogP contribution in [0.25, 0.3) is 30.7 Å². The van der Waals surface area contributed by atoms with Crippen LogP contribution >= 0.6 is 45.3 Å². The van der Waals surface area contributed by atoms with Crippen molar-refractivity contribution in [3.05, 3.63) is 129 Å². The molecule has 0 fully saturated rings. The highest BCUT2D eigenvalue weighted by Gasteiger charge is 2.42. The smallest absolute Gasteiger partial charge is 0.338 e. The zero-order valence-corrected chi connectivity index (χ0v) is 35.8. The highest BCUT2D eigenvalue weighted by Crippen LogP contribution is 2.58. The van der Waals surface area contributed by atoms with Crippen molar-refractivity contribution in [3.63, 3.8) is 0 Å². The van der Waals surface area contributed by atoms with Crippen LogP contribution in [0, 0.1) is 45.3 Å². The van der Waals surface area contributed by atoms with Crippen molar-refractivity contribution in [2.75, 3.05) is 14.2 Å². The van der Waals surface area contributed by atoms with Gasteiger partial charge in [0.05, 0.1) is 35.1 Å². The van der Waals surface area contributed by atoms with Crippen molar-refractivity contribution < 1.29 is 28.5 Å². The van der Waals surface area contributed by atoms with E-state index >= 15 is 0 Å². The highest BCUT2D eigenvalue weighted by molar-refractivity contribution is 7.25. The van der Waals surface area contributed by atoms with E-state index in [0.29, 0.717) is 53.5 Å². The molecule has 2 aromatic carbocycles. The third-order valence-electron chi connectivity index (χ3n) is 9.78. The SMILES string of the molecule is COc1cc(N=C(C#N)C#N)sc1-c1cc2c(s1)C1C=C(C(=O)OCc3ccccc3)c3cc(-c4sc(N=C(C#N)C#N)cc4OC)sc3C1C=C2C(=O)OCc1ccccc1.